The number of fused-ring (bicyclic) bond motifs is 5. The van der Waals surface area contributed by atoms with Crippen LogP contribution in [-0.4, -0.2) is 9.52 Å². The second-order valence-corrected chi connectivity index (χ2v) is 48.9. The van der Waals surface area contributed by atoms with Crippen molar-refractivity contribution < 1.29 is 16.4 Å². The third-order valence-electron chi connectivity index (χ3n) is 17.9. The van der Waals surface area contributed by atoms with Gasteiger partial charge in [-0.25, -0.2) is 0 Å². The van der Waals surface area contributed by atoms with Gasteiger partial charge in [-0.1, -0.05) is 0 Å². The first kappa shape index (κ1) is 54.9. The molecule has 78 heavy (non-hydrogen) atoms. The van der Waals surface area contributed by atoms with E-state index in [4.69, 9.17) is 0 Å². The molecule has 2 unspecified atom stereocenters. The molecule has 2 aliphatic carbocycles. The number of hydrogen-bond acceptors (Lipinski definition) is 0. The molecule has 4 heteroatoms. The SMILES string of the molecule is CC(C)c1cc(-c2c(C(C)(C)C)ccc3c2C=C(c2ccccc2)[CH]3[Zr]([Cl])([Cl])([c]2cccc3c2[SiH2]c2ccccc2-3)[CH]2C(c3ccccc3)=Cc3c2ccc(C(C)(C)C)c3-c2cc(C(C)C)cc(C(C)C)c2)cc(C(C)C)c1. The zero-order valence-electron chi connectivity index (χ0n) is 48.7. The van der Waals surface area contributed by atoms with Crippen molar-refractivity contribution in [3.63, 3.8) is 0 Å². The maximum atomic E-state index is 9.94. The topological polar surface area (TPSA) is 0 Å². The molecule has 0 amide bonds. The summed E-state index contributed by atoms with van der Waals surface area (Å²) in [6.07, 6.45) is 5.12. The minimum absolute atomic E-state index is 0.163. The van der Waals surface area contributed by atoms with Gasteiger partial charge in [0.15, 0.2) is 0 Å². The van der Waals surface area contributed by atoms with E-state index in [1.807, 2.05) is 0 Å². The van der Waals surface area contributed by atoms with Crippen molar-refractivity contribution in [2.24, 2.45) is 0 Å². The quantitative estimate of drug-likeness (QED) is 0.113. The van der Waals surface area contributed by atoms with Crippen LogP contribution in [0, 0.1) is 0 Å². The first-order chi connectivity index (χ1) is 36.9. The van der Waals surface area contributed by atoms with Gasteiger partial charge in [0.25, 0.3) is 0 Å². The average Bonchev–Trinajstić information content (AvgIpc) is 2.07. The van der Waals surface area contributed by atoms with Crippen LogP contribution in [0.1, 0.15) is 195 Å². The van der Waals surface area contributed by atoms with Crippen molar-refractivity contribution in [3.05, 3.63) is 231 Å². The molecule has 2 atom stereocenters. The summed E-state index contributed by atoms with van der Waals surface area (Å²) >= 11 is -6.20. The van der Waals surface area contributed by atoms with Gasteiger partial charge in [-0.2, -0.15) is 0 Å². The monoisotopic (exact) mass is 1160 g/mol. The van der Waals surface area contributed by atoms with Gasteiger partial charge in [-0.15, -0.1) is 0 Å². The van der Waals surface area contributed by atoms with E-state index in [-0.39, 0.29) is 18.1 Å². The van der Waals surface area contributed by atoms with Crippen LogP contribution >= 0.6 is 17.0 Å². The van der Waals surface area contributed by atoms with Crippen molar-refractivity contribution in [1.29, 1.82) is 0 Å². The van der Waals surface area contributed by atoms with Crippen LogP contribution in [0.2, 0.25) is 0 Å². The molecule has 0 saturated carbocycles. The van der Waals surface area contributed by atoms with Gasteiger partial charge in [0.1, 0.15) is 0 Å². The van der Waals surface area contributed by atoms with Gasteiger partial charge in [-0.3, -0.25) is 0 Å². The first-order valence-corrected chi connectivity index (χ1v) is 40.7. The van der Waals surface area contributed by atoms with Gasteiger partial charge in [0, 0.05) is 0 Å². The van der Waals surface area contributed by atoms with E-state index in [1.54, 1.807) is 0 Å². The van der Waals surface area contributed by atoms with Crippen LogP contribution in [0.5, 0.6) is 0 Å². The minimum atomic E-state index is -6.20. The molecule has 0 aromatic heterocycles. The zero-order valence-corrected chi connectivity index (χ0v) is 54.1. The molecule has 3 aliphatic rings. The molecule has 0 saturated heterocycles. The summed E-state index contributed by atoms with van der Waals surface area (Å²) in [6.45, 7) is 32.9. The summed E-state index contributed by atoms with van der Waals surface area (Å²) in [7, 11) is 18.9. The summed E-state index contributed by atoms with van der Waals surface area (Å²) in [5.41, 5.74) is 25.5. The summed E-state index contributed by atoms with van der Waals surface area (Å²) in [4.78, 5) is 0. The third kappa shape index (κ3) is 9.22. The fourth-order valence-corrected chi connectivity index (χ4v) is 40.7. The summed E-state index contributed by atoms with van der Waals surface area (Å²) in [5, 5.41) is 2.89. The Hall–Kier alpha value is -5.08. The van der Waals surface area contributed by atoms with Crippen molar-refractivity contribution in [2.45, 2.75) is 139 Å². The number of benzene rings is 8. The molecule has 0 bridgehead atoms. The molecular formula is C74H79Cl2SiZr. The summed E-state index contributed by atoms with van der Waals surface area (Å²) in [6, 6.07) is 63.2. The van der Waals surface area contributed by atoms with E-state index < -0.39 is 25.9 Å². The normalized spacial score (nSPS) is 16.8. The van der Waals surface area contributed by atoms with Crippen molar-refractivity contribution in [3.8, 4) is 33.4 Å². The molecule has 397 valence electrons. The van der Waals surface area contributed by atoms with E-state index in [1.165, 1.54) is 125 Å². The van der Waals surface area contributed by atoms with Crippen LogP contribution < -0.4 is 13.6 Å². The molecule has 11 rings (SSSR count). The molecule has 1 aliphatic heterocycles. The van der Waals surface area contributed by atoms with Gasteiger partial charge in [-0.05, 0) is 0 Å². The van der Waals surface area contributed by atoms with Crippen molar-refractivity contribution in [1.82, 2.24) is 0 Å². The Labute approximate surface area is 478 Å². The number of allylic oxidation sites excluding steroid dienone is 2. The first-order valence-electron chi connectivity index (χ1n) is 28.9. The second-order valence-electron chi connectivity index (χ2n) is 26.5. The van der Waals surface area contributed by atoms with E-state index in [2.05, 4.69) is 273 Å². The molecule has 0 N–H and O–H groups in total. The van der Waals surface area contributed by atoms with Crippen molar-refractivity contribution in [2.75, 3.05) is 0 Å². The summed E-state index contributed by atoms with van der Waals surface area (Å²) in [5.74, 6) is 1.47. The second kappa shape index (κ2) is 20.2. The maximum absolute atomic E-state index is 9.94. The Morgan fingerprint density at radius 2 is 0.795 bits per heavy atom. The van der Waals surface area contributed by atoms with Crippen molar-refractivity contribution >= 4 is 63.5 Å². The Bertz CT molecular complexity index is 3480. The van der Waals surface area contributed by atoms with Crippen LogP contribution in [0.3, 0.4) is 0 Å². The third-order valence-corrected chi connectivity index (χ3v) is 40.4. The van der Waals surface area contributed by atoms with Gasteiger partial charge in [0.05, 0.1) is 0 Å². The Kier molecular flexibility index (Phi) is 14.2. The molecule has 1 heterocycles. The fourth-order valence-electron chi connectivity index (χ4n) is 13.7. The van der Waals surface area contributed by atoms with Crippen LogP contribution in [0.15, 0.2) is 164 Å². The van der Waals surface area contributed by atoms with E-state index >= 15 is 0 Å². The van der Waals surface area contributed by atoms with E-state index in [0.717, 1.165) is 0 Å². The molecule has 8 aromatic rings. The molecule has 8 aromatic carbocycles. The standard InChI is InChI=1S/2C31H35.C12H9Si.2ClH.Zr/c2*1-20(2)24-16-25(21(3)4)18-27(17-24)30-28-19-26(22-11-9-8-10-12-22)15-23(28)13-14-29(30)31(5,6)7;1-3-7-11-9(5-1)10-6-2-4-8-12(10)13-11;;;/h2*8-21H,1-7H3;1-7H,13H2;2*1H;/q;;;;;+2/p-2. The molecule has 0 fully saturated rings. The Balaban J connectivity index is 1.32. The number of rotatable bonds is 11. The van der Waals surface area contributed by atoms with Crippen LogP contribution in [0.25, 0.3) is 56.7 Å². The van der Waals surface area contributed by atoms with E-state index in [0.29, 0.717) is 23.7 Å². The summed E-state index contributed by atoms with van der Waals surface area (Å²) < 4.78 is 0.579. The van der Waals surface area contributed by atoms with Crippen LogP contribution in [0.4, 0.5) is 0 Å². The molecule has 0 nitrogen and oxygen atoms in total. The Morgan fingerprint density at radius 1 is 0.410 bits per heavy atom. The fraction of sp³-hybridized carbons (Fsp3) is 0.297. The molecular weight excluding hydrogens is 1080 g/mol. The van der Waals surface area contributed by atoms with Gasteiger partial charge >= 0.3 is 483 Å². The number of hydrogen-bond donors (Lipinski definition) is 0. The van der Waals surface area contributed by atoms with Gasteiger partial charge in [0.2, 0.25) is 0 Å². The molecule has 0 radical (unpaired) electrons. The Morgan fingerprint density at radius 3 is 1.19 bits per heavy atom. The predicted molar refractivity (Wildman–Crippen MR) is 343 cm³/mol. The average molecular weight is 1160 g/mol. The van der Waals surface area contributed by atoms with Gasteiger partial charge < -0.3 is 0 Å². The zero-order chi connectivity index (χ0) is 55.4. The number of halogens is 2. The predicted octanol–water partition coefficient (Wildman–Crippen LogP) is 19.4. The van der Waals surface area contributed by atoms with E-state index in [9.17, 15) is 17.0 Å². The molecule has 0 spiro atoms. The van der Waals surface area contributed by atoms with Crippen LogP contribution in [-0.2, 0) is 27.2 Å².